The van der Waals surface area contributed by atoms with E-state index in [1.807, 2.05) is 0 Å². The number of nitrogens with zero attached hydrogens (tertiary/aromatic N) is 2. The maximum Gasteiger partial charge on any atom is 0.223 e. The molecule has 4 rings (SSSR count). The molecule has 31 heavy (non-hydrogen) atoms. The second kappa shape index (κ2) is 9.24. The van der Waals surface area contributed by atoms with Crippen LogP contribution in [0, 0.1) is 19.8 Å². The first-order valence-corrected chi connectivity index (χ1v) is 12.1. The molecule has 0 saturated carbocycles. The second-order valence-corrected chi connectivity index (χ2v) is 9.83. The number of benzene rings is 1. The SMILES string of the molecule is Cc1ccc(-c2csc3ncnc(SCc4cc(=O)c(OCC(C)C)c[nH]4)c23)c(C)c1. The Labute approximate surface area is 189 Å². The molecule has 0 unspecified atom stereocenters. The van der Waals surface area contributed by atoms with Crippen LogP contribution in [0.4, 0.5) is 0 Å². The van der Waals surface area contributed by atoms with Crippen molar-refractivity contribution in [3.63, 3.8) is 0 Å². The number of hydrogen-bond acceptors (Lipinski definition) is 6. The van der Waals surface area contributed by atoms with Gasteiger partial charge in [-0.3, -0.25) is 4.79 Å². The molecule has 1 aromatic carbocycles. The number of aromatic nitrogens is 3. The third kappa shape index (κ3) is 4.83. The van der Waals surface area contributed by atoms with Gasteiger partial charge < -0.3 is 9.72 Å². The summed E-state index contributed by atoms with van der Waals surface area (Å²) in [7, 11) is 0. The van der Waals surface area contributed by atoms with E-state index in [9.17, 15) is 4.79 Å². The van der Waals surface area contributed by atoms with Gasteiger partial charge in [0.05, 0.1) is 12.0 Å². The molecule has 3 aromatic heterocycles. The fourth-order valence-corrected chi connectivity index (χ4v) is 5.27. The molecule has 4 aromatic rings. The summed E-state index contributed by atoms with van der Waals surface area (Å²) in [5, 5.41) is 4.15. The molecular formula is C24H25N3O2S2. The van der Waals surface area contributed by atoms with Crippen LogP contribution < -0.4 is 10.2 Å². The van der Waals surface area contributed by atoms with Crippen LogP contribution >= 0.6 is 23.1 Å². The fourth-order valence-electron chi connectivity index (χ4n) is 3.37. The van der Waals surface area contributed by atoms with E-state index in [-0.39, 0.29) is 5.43 Å². The molecule has 0 atom stereocenters. The van der Waals surface area contributed by atoms with E-state index in [2.05, 4.69) is 66.2 Å². The molecule has 3 heterocycles. The number of aryl methyl sites for hydroxylation is 2. The summed E-state index contributed by atoms with van der Waals surface area (Å²) in [5.74, 6) is 1.34. The zero-order valence-electron chi connectivity index (χ0n) is 18.1. The minimum absolute atomic E-state index is 0.102. The van der Waals surface area contributed by atoms with Gasteiger partial charge in [0.25, 0.3) is 0 Å². The van der Waals surface area contributed by atoms with Crippen molar-refractivity contribution in [1.29, 1.82) is 0 Å². The molecule has 0 aliphatic rings. The summed E-state index contributed by atoms with van der Waals surface area (Å²) >= 11 is 3.23. The Hall–Kier alpha value is -2.64. The summed E-state index contributed by atoms with van der Waals surface area (Å²) in [5.41, 5.74) is 5.58. The highest BCUT2D eigenvalue weighted by Crippen LogP contribution is 2.39. The number of hydrogen-bond donors (Lipinski definition) is 1. The zero-order valence-corrected chi connectivity index (χ0v) is 19.7. The molecule has 5 nitrogen and oxygen atoms in total. The second-order valence-electron chi connectivity index (χ2n) is 8.01. The molecule has 160 valence electrons. The molecule has 1 N–H and O–H groups in total. The van der Waals surface area contributed by atoms with Gasteiger partial charge in [-0.2, -0.15) is 0 Å². The van der Waals surface area contributed by atoms with Crippen LogP contribution in [0.5, 0.6) is 5.75 Å². The van der Waals surface area contributed by atoms with E-state index in [4.69, 9.17) is 4.74 Å². The van der Waals surface area contributed by atoms with Crippen LogP contribution in [0.3, 0.4) is 0 Å². The highest BCUT2D eigenvalue weighted by atomic mass is 32.2. The van der Waals surface area contributed by atoms with Gasteiger partial charge in [0.15, 0.2) is 5.75 Å². The number of pyridine rings is 1. The number of ether oxygens (including phenoxy) is 1. The Balaban J connectivity index is 1.60. The van der Waals surface area contributed by atoms with Gasteiger partial charge in [0.1, 0.15) is 16.2 Å². The number of rotatable bonds is 7. The molecule has 0 aliphatic heterocycles. The average Bonchev–Trinajstić information content (AvgIpc) is 3.16. The Morgan fingerprint density at radius 1 is 1.16 bits per heavy atom. The number of thiophene rings is 1. The normalized spacial score (nSPS) is 11.4. The van der Waals surface area contributed by atoms with Crippen LogP contribution in [0.1, 0.15) is 30.7 Å². The van der Waals surface area contributed by atoms with Gasteiger partial charge in [-0.15, -0.1) is 11.3 Å². The Morgan fingerprint density at radius 2 is 2.00 bits per heavy atom. The smallest absolute Gasteiger partial charge is 0.223 e. The summed E-state index contributed by atoms with van der Waals surface area (Å²) in [6.07, 6.45) is 3.26. The zero-order chi connectivity index (χ0) is 22.0. The lowest BCUT2D eigenvalue weighted by Gasteiger charge is -2.10. The molecular weight excluding hydrogens is 426 g/mol. The number of nitrogens with one attached hydrogen (secondary N) is 1. The van der Waals surface area contributed by atoms with Gasteiger partial charge in [0.2, 0.25) is 5.43 Å². The van der Waals surface area contributed by atoms with E-state index < -0.39 is 0 Å². The van der Waals surface area contributed by atoms with E-state index in [1.165, 1.54) is 16.7 Å². The van der Waals surface area contributed by atoms with Crippen molar-refractivity contribution < 1.29 is 4.74 Å². The Morgan fingerprint density at radius 3 is 2.74 bits per heavy atom. The predicted molar refractivity (Wildman–Crippen MR) is 129 cm³/mol. The topological polar surface area (TPSA) is 67.9 Å². The first-order valence-electron chi connectivity index (χ1n) is 10.2. The summed E-state index contributed by atoms with van der Waals surface area (Å²) in [6.45, 7) is 8.87. The maximum absolute atomic E-state index is 12.4. The molecule has 0 fully saturated rings. The molecule has 0 amide bonds. The predicted octanol–water partition coefficient (Wildman–Crippen LogP) is 5.99. The van der Waals surface area contributed by atoms with E-state index in [0.717, 1.165) is 26.5 Å². The highest BCUT2D eigenvalue weighted by Gasteiger charge is 2.15. The molecule has 0 radical (unpaired) electrons. The van der Waals surface area contributed by atoms with Crippen molar-refractivity contribution in [3.8, 4) is 16.9 Å². The average molecular weight is 452 g/mol. The highest BCUT2D eigenvalue weighted by molar-refractivity contribution is 7.98. The lowest BCUT2D eigenvalue weighted by molar-refractivity contribution is 0.268. The number of aromatic amines is 1. The third-order valence-corrected chi connectivity index (χ3v) is 6.81. The first kappa shape index (κ1) is 21.6. The molecule has 0 bridgehead atoms. The van der Waals surface area contributed by atoms with Gasteiger partial charge in [-0.25, -0.2) is 9.97 Å². The third-order valence-electron chi connectivity index (χ3n) is 4.88. The van der Waals surface area contributed by atoms with Crippen molar-refractivity contribution in [1.82, 2.24) is 15.0 Å². The standard InChI is InChI=1S/C24H25N3O2S2/c1-14(2)10-29-21-9-25-17(8-20(21)28)11-30-23-22-19(12-31-24(22)27-13-26-23)18-6-5-15(3)7-16(18)4/h5-9,12-14H,10-11H2,1-4H3,(H,25,28). The van der Waals surface area contributed by atoms with Gasteiger partial charge in [-0.05, 0) is 30.9 Å². The maximum atomic E-state index is 12.4. The summed E-state index contributed by atoms with van der Waals surface area (Å²) < 4.78 is 5.58. The quantitative estimate of drug-likeness (QED) is 0.276. The van der Waals surface area contributed by atoms with E-state index in [0.29, 0.717) is 24.0 Å². The summed E-state index contributed by atoms with van der Waals surface area (Å²) in [6, 6.07) is 8.11. The molecule has 7 heteroatoms. The number of thioether (sulfide) groups is 1. The Bertz CT molecular complexity index is 1280. The van der Waals surface area contributed by atoms with E-state index >= 15 is 0 Å². The van der Waals surface area contributed by atoms with Crippen molar-refractivity contribution in [2.45, 2.75) is 38.5 Å². The van der Waals surface area contributed by atoms with Crippen LogP contribution in [0.25, 0.3) is 21.3 Å². The van der Waals surface area contributed by atoms with Crippen molar-refractivity contribution in [2.75, 3.05) is 6.61 Å². The number of H-pyrrole nitrogens is 1. The van der Waals surface area contributed by atoms with Crippen LogP contribution in [-0.2, 0) is 5.75 Å². The summed E-state index contributed by atoms with van der Waals surface area (Å²) in [4.78, 5) is 25.5. The monoisotopic (exact) mass is 451 g/mol. The van der Waals surface area contributed by atoms with Crippen LogP contribution in [0.15, 0.2) is 52.0 Å². The number of fused-ring (bicyclic) bond motifs is 1. The van der Waals surface area contributed by atoms with Crippen LogP contribution in [0.2, 0.25) is 0 Å². The van der Waals surface area contributed by atoms with E-state index in [1.54, 1.807) is 41.7 Å². The minimum Gasteiger partial charge on any atom is -0.488 e. The largest absolute Gasteiger partial charge is 0.488 e. The molecule has 0 aliphatic carbocycles. The first-order chi connectivity index (χ1) is 14.9. The lowest BCUT2D eigenvalue weighted by atomic mass is 9.99. The van der Waals surface area contributed by atoms with Gasteiger partial charge >= 0.3 is 0 Å². The lowest BCUT2D eigenvalue weighted by Crippen LogP contribution is -2.13. The van der Waals surface area contributed by atoms with Gasteiger partial charge in [0, 0.05) is 34.7 Å². The fraction of sp³-hybridized carbons (Fsp3) is 0.292. The molecule has 0 saturated heterocycles. The van der Waals surface area contributed by atoms with Gasteiger partial charge in [-0.1, -0.05) is 49.4 Å². The van der Waals surface area contributed by atoms with Crippen molar-refractivity contribution >= 4 is 33.3 Å². The van der Waals surface area contributed by atoms with Crippen LogP contribution in [-0.4, -0.2) is 21.6 Å². The molecule has 0 spiro atoms. The van der Waals surface area contributed by atoms with Crippen molar-refractivity contribution in [3.05, 3.63) is 69.2 Å². The Kier molecular flexibility index (Phi) is 6.43. The van der Waals surface area contributed by atoms with Crippen molar-refractivity contribution in [2.24, 2.45) is 5.92 Å². The minimum atomic E-state index is -0.102.